The first-order valence-electron chi connectivity index (χ1n) is 4.98. The molecular formula is C10H22N2O2. The second-order valence-electron chi connectivity index (χ2n) is 4.30. The number of carbonyl (C=O) groups is 1. The molecule has 0 rings (SSSR count). The smallest absolute Gasteiger partial charge is 0.224 e. The molecule has 0 spiro atoms. The average molecular weight is 202 g/mol. The van der Waals surface area contributed by atoms with E-state index in [0.717, 1.165) is 6.42 Å². The number of hydrogen-bond donors (Lipinski definition) is 2. The molecule has 0 radical (unpaired) electrons. The Bertz CT molecular complexity index is 193. The van der Waals surface area contributed by atoms with Crippen molar-refractivity contribution in [3.05, 3.63) is 0 Å². The highest BCUT2D eigenvalue weighted by molar-refractivity contribution is 5.77. The maximum absolute atomic E-state index is 11.7. The summed E-state index contributed by atoms with van der Waals surface area (Å²) in [7, 11) is 1.70. The Balaban J connectivity index is 4.25. The standard InChI is InChI=1S/C10H22N2O2/c1-5-8(11)6-9(14)12(4)10(2,3)7-13/h8,13H,5-7,11H2,1-4H3. The van der Waals surface area contributed by atoms with E-state index in [1.165, 1.54) is 0 Å². The molecule has 0 aliphatic heterocycles. The highest BCUT2D eigenvalue weighted by Gasteiger charge is 2.27. The molecule has 1 atom stereocenters. The Morgan fingerprint density at radius 1 is 1.57 bits per heavy atom. The van der Waals surface area contributed by atoms with Crippen molar-refractivity contribution in [2.45, 2.75) is 45.2 Å². The summed E-state index contributed by atoms with van der Waals surface area (Å²) in [6.07, 6.45) is 1.13. The van der Waals surface area contributed by atoms with Crippen molar-refractivity contribution in [3.8, 4) is 0 Å². The van der Waals surface area contributed by atoms with Crippen LogP contribution in [0.4, 0.5) is 0 Å². The van der Waals surface area contributed by atoms with Gasteiger partial charge < -0.3 is 15.7 Å². The normalized spacial score (nSPS) is 13.9. The minimum atomic E-state index is -0.509. The van der Waals surface area contributed by atoms with Gasteiger partial charge in [-0.1, -0.05) is 6.92 Å². The number of nitrogens with zero attached hydrogens (tertiary/aromatic N) is 1. The lowest BCUT2D eigenvalue weighted by atomic mass is 10.0. The molecule has 0 aromatic rings. The first-order chi connectivity index (χ1) is 6.35. The van der Waals surface area contributed by atoms with Crippen LogP contribution in [-0.2, 0) is 4.79 Å². The van der Waals surface area contributed by atoms with Gasteiger partial charge in [0.25, 0.3) is 0 Å². The summed E-state index contributed by atoms with van der Waals surface area (Å²) in [6, 6.07) is -0.0838. The number of aliphatic hydroxyl groups excluding tert-OH is 1. The Labute approximate surface area is 86.1 Å². The van der Waals surface area contributed by atoms with Gasteiger partial charge in [-0.2, -0.15) is 0 Å². The van der Waals surface area contributed by atoms with Gasteiger partial charge in [-0.25, -0.2) is 0 Å². The molecule has 0 heterocycles. The highest BCUT2D eigenvalue weighted by atomic mass is 16.3. The van der Waals surface area contributed by atoms with Crippen molar-refractivity contribution in [1.82, 2.24) is 4.90 Å². The summed E-state index contributed by atoms with van der Waals surface area (Å²) in [5.74, 6) is -0.0154. The first-order valence-corrected chi connectivity index (χ1v) is 4.98. The zero-order valence-electron chi connectivity index (χ0n) is 9.58. The van der Waals surface area contributed by atoms with Gasteiger partial charge in [0.15, 0.2) is 0 Å². The zero-order valence-corrected chi connectivity index (χ0v) is 9.58. The van der Waals surface area contributed by atoms with Crippen LogP contribution in [0, 0.1) is 0 Å². The van der Waals surface area contributed by atoms with E-state index in [4.69, 9.17) is 10.8 Å². The molecule has 4 nitrogen and oxygen atoms in total. The summed E-state index contributed by atoms with van der Waals surface area (Å²) >= 11 is 0. The maximum Gasteiger partial charge on any atom is 0.224 e. The molecule has 1 unspecified atom stereocenters. The van der Waals surface area contributed by atoms with Gasteiger partial charge in [0, 0.05) is 19.5 Å². The predicted octanol–water partition coefficient (Wildman–Crippen LogP) is 0.343. The van der Waals surface area contributed by atoms with E-state index in [9.17, 15) is 4.79 Å². The molecule has 0 saturated heterocycles. The molecule has 1 amide bonds. The number of aliphatic hydroxyl groups is 1. The number of likely N-dealkylation sites (N-methyl/N-ethyl adjacent to an activating group) is 1. The SMILES string of the molecule is CCC(N)CC(=O)N(C)C(C)(C)CO. The predicted molar refractivity (Wildman–Crippen MR) is 56.8 cm³/mol. The van der Waals surface area contributed by atoms with Crippen LogP contribution in [0.1, 0.15) is 33.6 Å². The van der Waals surface area contributed by atoms with E-state index < -0.39 is 5.54 Å². The lowest BCUT2D eigenvalue weighted by Gasteiger charge is -2.34. The fraction of sp³-hybridized carbons (Fsp3) is 0.900. The van der Waals surface area contributed by atoms with Crippen LogP contribution in [0.25, 0.3) is 0 Å². The van der Waals surface area contributed by atoms with E-state index in [0.29, 0.717) is 6.42 Å². The first kappa shape index (κ1) is 13.4. The van der Waals surface area contributed by atoms with Crippen LogP contribution in [0.5, 0.6) is 0 Å². The van der Waals surface area contributed by atoms with Gasteiger partial charge in [-0.15, -0.1) is 0 Å². The molecule has 3 N–H and O–H groups in total. The van der Waals surface area contributed by atoms with Crippen LogP contribution in [-0.4, -0.2) is 41.1 Å². The van der Waals surface area contributed by atoms with Gasteiger partial charge in [0.1, 0.15) is 0 Å². The van der Waals surface area contributed by atoms with E-state index in [-0.39, 0.29) is 18.6 Å². The highest BCUT2D eigenvalue weighted by Crippen LogP contribution is 2.13. The molecule has 0 aromatic heterocycles. The fourth-order valence-corrected chi connectivity index (χ4v) is 0.949. The second-order valence-corrected chi connectivity index (χ2v) is 4.30. The van der Waals surface area contributed by atoms with Crippen LogP contribution in [0.15, 0.2) is 0 Å². The van der Waals surface area contributed by atoms with Crippen molar-refractivity contribution < 1.29 is 9.90 Å². The number of nitrogens with two attached hydrogens (primary N) is 1. The van der Waals surface area contributed by atoms with E-state index in [1.54, 1.807) is 11.9 Å². The van der Waals surface area contributed by atoms with Gasteiger partial charge in [-0.05, 0) is 20.3 Å². The molecule has 0 bridgehead atoms. The molecule has 0 aliphatic carbocycles. The Morgan fingerprint density at radius 3 is 2.43 bits per heavy atom. The summed E-state index contributed by atoms with van der Waals surface area (Å²) in [6.45, 7) is 5.55. The quantitative estimate of drug-likeness (QED) is 0.675. The van der Waals surface area contributed by atoms with E-state index in [1.807, 2.05) is 20.8 Å². The molecule has 0 aromatic carbocycles. The van der Waals surface area contributed by atoms with E-state index >= 15 is 0 Å². The van der Waals surface area contributed by atoms with E-state index in [2.05, 4.69) is 0 Å². The van der Waals surface area contributed by atoms with Crippen molar-refractivity contribution in [3.63, 3.8) is 0 Å². The van der Waals surface area contributed by atoms with Crippen molar-refractivity contribution in [2.24, 2.45) is 5.73 Å². The molecule has 0 fully saturated rings. The van der Waals surface area contributed by atoms with Gasteiger partial charge in [0.2, 0.25) is 5.91 Å². The topological polar surface area (TPSA) is 66.6 Å². The summed E-state index contributed by atoms with van der Waals surface area (Å²) in [5.41, 5.74) is 5.18. The van der Waals surface area contributed by atoms with Crippen molar-refractivity contribution in [2.75, 3.05) is 13.7 Å². The molecular weight excluding hydrogens is 180 g/mol. The van der Waals surface area contributed by atoms with Crippen molar-refractivity contribution >= 4 is 5.91 Å². The monoisotopic (exact) mass is 202 g/mol. The fourth-order valence-electron chi connectivity index (χ4n) is 0.949. The average Bonchev–Trinajstić information content (AvgIpc) is 2.16. The number of rotatable bonds is 5. The minimum Gasteiger partial charge on any atom is -0.394 e. The molecule has 0 aliphatic rings. The zero-order chi connectivity index (χ0) is 11.4. The Kier molecular flexibility index (Phi) is 5.08. The maximum atomic E-state index is 11.7. The largest absolute Gasteiger partial charge is 0.394 e. The van der Waals surface area contributed by atoms with Crippen LogP contribution in [0.2, 0.25) is 0 Å². The molecule has 84 valence electrons. The molecule has 14 heavy (non-hydrogen) atoms. The summed E-state index contributed by atoms with van der Waals surface area (Å²) in [5, 5.41) is 9.08. The third-order valence-corrected chi connectivity index (χ3v) is 2.63. The van der Waals surface area contributed by atoms with Crippen LogP contribution < -0.4 is 5.73 Å². The molecule has 4 heteroatoms. The van der Waals surface area contributed by atoms with Crippen molar-refractivity contribution in [1.29, 1.82) is 0 Å². The minimum absolute atomic E-state index is 0.0154. The van der Waals surface area contributed by atoms with Gasteiger partial charge in [-0.3, -0.25) is 4.79 Å². The second kappa shape index (κ2) is 5.32. The number of hydrogen-bond acceptors (Lipinski definition) is 3. The van der Waals surface area contributed by atoms with Crippen LogP contribution in [0.3, 0.4) is 0 Å². The number of amides is 1. The lowest BCUT2D eigenvalue weighted by Crippen LogP contribution is -2.48. The van der Waals surface area contributed by atoms with Crippen LogP contribution >= 0.6 is 0 Å². The number of carbonyl (C=O) groups excluding carboxylic acids is 1. The molecule has 0 saturated carbocycles. The summed E-state index contributed by atoms with van der Waals surface area (Å²) in [4.78, 5) is 13.2. The Hall–Kier alpha value is -0.610. The summed E-state index contributed by atoms with van der Waals surface area (Å²) < 4.78 is 0. The van der Waals surface area contributed by atoms with Gasteiger partial charge >= 0.3 is 0 Å². The third-order valence-electron chi connectivity index (χ3n) is 2.63. The lowest BCUT2D eigenvalue weighted by molar-refractivity contribution is -0.136. The third kappa shape index (κ3) is 3.64. The Morgan fingerprint density at radius 2 is 2.07 bits per heavy atom. The van der Waals surface area contributed by atoms with Gasteiger partial charge in [0.05, 0.1) is 12.1 Å².